The molecule has 0 radical (unpaired) electrons. The normalized spacial score (nSPS) is 18.9. The van der Waals surface area contributed by atoms with Gasteiger partial charge >= 0.3 is 6.09 Å². The van der Waals surface area contributed by atoms with Crippen molar-refractivity contribution >= 4 is 17.1 Å². The van der Waals surface area contributed by atoms with Crippen molar-refractivity contribution in [2.75, 3.05) is 19.6 Å². The summed E-state index contributed by atoms with van der Waals surface area (Å²) in [4.78, 5) is 34.7. The third-order valence-electron chi connectivity index (χ3n) is 8.42. The van der Waals surface area contributed by atoms with Crippen molar-refractivity contribution < 1.29 is 18.3 Å². The van der Waals surface area contributed by atoms with Crippen LogP contribution >= 0.6 is 0 Å². The lowest BCUT2D eigenvalue weighted by Gasteiger charge is -2.28. The number of hydrogen-bond acceptors (Lipinski definition) is 7. The Labute approximate surface area is 256 Å². The lowest BCUT2D eigenvalue weighted by atomic mass is 10.0. The van der Waals surface area contributed by atoms with E-state index < -0.39 is 17.2 Å². The monoisotopic (exact) mass is 603 g/mol. The number of fused-ring (bicyclic) bond motifs is 2. The number of halogens is 2. The van der Waals surface area contributed by atoms with Crippen molar-refractivity contribution in [3.8, 4) is 11.1 Å². The van der Waals surface area contributed by atoms with E-state index in [0.29, 0.717) is 47.3 Å². The molecule has 1 aromatic carbocycles. The molecule has 9 nitrogen and oxygen atoms in total. The Morgan fingerprint density at radius 2 is 1.80 bits per heavy atom. The summed E-state index contributed by atoms with van der Waals surface area (Å²) in [6, 6.07) is 4.98. The average molecular weight is 604 g/mol. The van der Waals surface area contributed by atoms with Gasteiger partial charge in [-0.05, 0) is 77.6 Å². The molecule has 5 heterocycles. The van der Waals surface area contributed by atoms with Gasteiger partial charge in [-0.2, -0.15) is 0 Å². The number of aromatic nitrogens is 5. The second kappa shape index (κ2) is 11.5. The second-order valence-electron chi connectivity index (χ2n) is 13.3. The van der Waals surface area contributed by atoms with E-state index in [0.717, 1.165) is 37.8 Å². The number of pyridine rings is 1. The van der Waals surface area contributed by atoms with Crippen LogP contribution < -0.4 is 0 Å². The zero-order valence-corrected chi connectivity index (χ0v) is 26.1. The van der Waals surface area contributed by atoms with E-state index in [1.54, 1.807) is 12.1 Å². The smallest absolute Gasteiger partial charge is 0.410 e. The van der Waals surface area contributed by atoms with Gasteiger partial charge in [-0.25, -0.2) is 28.5 Å². The number of carbonyl (C=O) groups is 1. The van der Waals surface area contributed by atoms with Gasteiger partial charge in [0.05, 0.1) is 24.2 Å². The topological polar surface area (TPSA) is 89.3 Å². The zero-order chi connectivity index (χ0) is 31.3. The molecule has 2 fully saturated rings. The first-order valence-corrected chi connectivity index (χ1v) is 15.2. The lowest BCUT2D eigenvalue weighted by Crippen LogP contribution is -2.42. The van der Waals surface area contributed by atoms with Gasteiger partial charge < -0.3 is 14.2 Å². The van der Waals surface area contributed by atoms with Crippen LogP contribution in [0.5, 0.6) is 0 Å². The summed E-state index contributed by atoms with van der Waals surface area (Å²) in [7, 11) is 0. The number of likely N-dealkylation sites (tertiary alicyclic amines) is 2. The van der Waals surface area contributed by atoms with E-state index >= 15 is 4.39 Å². The maximum absolute atomic E-state index is 15.1. The Hall–Kier alpha value is -3.99. The number of aryl methyl sites for hydroxylation is 1. The summed E-state index contributed by atoms with van der Waals surface area (Å²) in [6.45, 7) is 14.6. The first kappa shape index (κ1) is 30.1. The standard InChI is InChI=1S/C33H39F2N7O2/c1-19(2)42-20(3)39-31-26(34)9-23(10-28(31)42)25-11-24(36-15-27(25)35)12-30-37-13-21(14-38-30)16-40-17-22-7-8-41(29(22)18-40)32(43)44-33(4,5)6/h9-11,13-15,19,22,29H,7-8,12,16-18H2,1-6H3/t22-,29+/m0/s1. The van der Waals surface area contributed by atoms with Gasteiger partial charge in [0.25, 0.3) is 0 Å². The maximum Gasteiger partial charge on any atom is 0.410 e. The molecule has 0 saturated carbocycles. The van der Waals surface area contributed by atoms with Gasteiger partial charge in [-0.15, -0.1) is 0 Å². The van der Waals surface area contributed by atoms with E-state index in [2.05, 4.69) is 24.8 Å². The van der Waals surface area contributed by atoms with Crippen molar-refractivity contribution in [3.05, 3.63) is 71.3 Å². The molecule has 232 valence electrons. The molecule has 2 aliphatic rings. The van der Waals surface area contributed by atoms with Crippen LogP contribution in [0, 0.1) is 24.5 Å². The van der Waals surface area contributed by atoms with Crippen LogP contribution in [0.1, 0.15) is 70.0 Å². The number of hydrogen-bond donors (Lipinski definition) is 0. The average Bonchev–Trinajstić information content (AvgIpc) is 3.62. The van der Waals surface area contributed by atoms with E-state index in [1.807, 2.05) is 63.4 Å². The van der Waals surface area contributed by atoms with Crippen molar-refractivity contribution in [3.63, 3.8) is 0 Å². The van der Waals surface area contributed by atoms with Crippen molar-refractivity contribution in [2.45, 2.75) is 78.6 Å². The fraction of sp³-hybridized carbons (Fsp3) is 0.485. The van der Waals surface area contributed by atoms with E-state index in [-0.39, 0.29) is 29.3 Å². The predicted molar refractivity (Wildman–Crippen MR) is 163 cm³/mol. The molecule has 2 saturated heterocycles. The summed E-state index contributed by atoms with van der Waals surface area (Å²) in [5.74, 6) is 0.680. The first-order chi connectivity index (χ1) is 20.9. The lowest BCUT2D eigenvalue weighted by molar-refractivity contribution is 0.0217. The van der Waals surface area contributed by atoms with Crippen LogP contribution in [0.2, 0.25) is 0 Å². The van der Waals surface area contributed by atoms with Crippen LogP contribution in [0.25, 0.3) is 22.2 Å². The Balaban J connectivity index is 1.13. The molecular formula is C33H39F2N7O2. The second-order valence-corrected chi connectivity index (χ2v) is 13.3. The van der Waals surface area contributed by atoms with Gasteiger partial charge in [0.2, 0.25) is 0 Å². The van der Waals surface area contributed by atoms with Crippen molar-refractivity contribution in [1.29, 1.82) is 0 Å². The number of rotatable bonds is 6. The molecule has 6 rings (SSSR count). The van der Waals surface area contributed by atoms with Crippen LogP contribution in [-0.2, 0) is 17.7 Å². The highest BCUT2D eigenvalue weighted by atomic mass is 19.1. The number of ether oxygens (including phenoxy) is 1. The molecule has 2 aliphatic heterocycles. The van der Waals surface area contributed by atoms with E-state index in [4.69, 9.17) is 4.74 Å². The molecule has 0 N–H and O–H groups in total. The highest BCUT2D eigenvalue weighted by molar-refractivity contribution is 5.83. The third kappa shape index (κ3) is 6.02. The van der Waals surface area contributed by atoms with Crippen molar-refractivity contribution in [2.24, 2.45) is 5.92 Å². The number of imidazole rings is 1. The molecule has 2 atom stereocenters. The first-order valence-electron chi connectivity index (χ1n) is 15.2. The molecule has 44 heavy (non-hydrogen) atoms. The van der Waals surface area contributed by atoms with E-state index in [1.165, 1.54) is 6.07 Å². The summed E-state index contributed by atoms with van der Waals surface area (Å²) in [5.41, 5.74) is 2.64. The summed E-state index contributed by atoms with van der Waals surface area (Å²) in [6.07, 6.45) is 5.83. The highest BCUT2D eigenvalue weighted by Gasteiger charge is 2.44. The summed E-state index contributed by atoms with van der Waals surface area (Å²) in [5, 5.41) is 0. The Morgan fingerprint density at radius 1 is 1.05 bits per heavy atom. The van der Waals surface area contributed by atoms with Gasteiger partial charge in [-0.1, -0.05) is 0 Å². The van der Waals surface area contributed by atoms with Crippen LogP contribution in [-0.4, -0.2) is 71.7 Å². The Bertz CT molecular complexity index is 1700. The molecule has 3 aromatic heterocycles. The summed E-state index contributed by atoms with van der Waals surface area (Å²) >= 11 is 0. The molecular weight excluding hydrogens is 564 g/mol. The summed E-state index contributed by atoms with van der Waals surface area (Å²) < 4.78 is 37.6. The molecule has 11 heteroatoms. The molecule has 0 bridgehead atoms. The molecule has 0 aliphatic carbocycles. The number of benzene rings is 1. The van der Waals surface area contributed by atoms with Crippen LogP contribution in [0.3, 0.4) is 0 Å². The minimum absolute atomic E-state index is 0.0738. The molecule has 0 unspecified atom stereocenters. The minimum atomic E-state index is -0.531. The highest BCUT2D eigenvalue weighted by Crippen LogP contribution is 2.34. The van der Waals surface area contributed by atoms with Gasteiger partial charge in [0, 0.05) is 61.4 Å². The molecule has 4 aromatic rings. The fourth-order valence-electron chi connectivity index (χ4n) is 6.58. The quantitative estimate of drug-likeness (QED) is 0.264. The van der Waals surface area contributed by atoms with Gasteiger partial charge in [0.1, 0.15) is 28.6 Å². The van der Waals surface area contributed by atoms with Crippen LogP contribution in [0.4, 0.5) is 13.6 Å². The number of nitrogens with zero attached hydrogens (tertiary/aromatic N) is 7. The zero-order valence-electron chi connectivity index (χ0n) is 26.1. The Morgan fingerprint density at radius 3 is 2.50 bits per heavy atom. The van der Waals surface area contributed by atoms with Crippen LogP contribution in [0.15, 0.2) is 36.8 Å². The van der Waals surface area contributed by atoms with Crippen molar-refractivity contribution in [1.82, 2.24) is 34.3 Å². The fourth-order valence-corrected chi connectivity index (χ4v) is 6.58. The predicted octanol–water partition coefficient (Wildman–Crippen LogP) is 6.09. The number of carbonyl (C=O) groups excluding carboxylic acids is 1. The SMILES string of the molecule is Cc1nc2c(F)cc(-c3cc(Cc4ncc(CN5C[C@@H]6CCN(C(=O)OC(C)(C)C)[C@@H]6C5)cn4)ncc3F)cc2n1C(C)C. The molecule has 0 spiro atoms. The maximum atomic E-state index is 15.1. The third-order valence-corrected chi connectivity index (χ3v) is 8.42. The van der Waals surface area contributed by atoms with Gasteiger partial charge in [0.15, 0.2) is 5.82 Å². The van der Waals surface area contributed by atoms with Gasteiger partial charge in [-0.3, -0.25) is 9.88 Å². The minimum Gasteiger partial charge on any atom is -0.444 e. The molecule has 1 amide bonds. The Kier molecular flexibility index (Phi) is 7.85. The van der Waals surface area contributed by atoms with E-state index in [9.17, 15) is 9.18 Å². The number of amides is 1. The largest absolute Gasteiger partial charge is 0.444 e.